The van der Waals surface area contributed by atoms with E-state index < -0.39 is 17.6 Å². The highest BCUT2D eigenvalue weighted by Crippen LogP contribution is 2.31. The number of aliphatic hydroxyl groups is 1. The Morgan fingerprint density at radius 3 is 2.46 bits per heavy atom. The van der Waals surface area contributed by atoms with Crippen LogP contribution in [0.3, 0.4) is 0 Å². The zero-order valence-corrected chi connectivity index (χ0v) is 23.4. The number of nitrogens with zero attached hydrogens (tertiary/aromatic N) is 1. The largest absolute Gasteiger partial charge is 0.493 e. The molecule has 0 heterocycles. The molecule has 3 N–H and O–H groups in total. The highest BCUT2D eigenvalue weighted by molar-refractivity contribution is 6.21. The van der Waals surface area contributed by atoms with Crippen LogP contribution in [0.4, 0.5) is 0 Å². The molecule has 8 heteroatoms. The topological polar surface area (TPSA) is 94.3 Å². The quantitative estimate of drug-likeness (QED) is 0.229. The summed E-state index contributed by atoms with van der Waals surface area (Å²) in [4.78, 5) is 12.7. The second-order valence-electron chi connectivity index (χ2n) is 10.3. The summed E-state index contributed by atoms with van der Waals surface area (Å²) >= 11 is 6.26. The number of hydrogen-bond donors (Lipinski definition) is 2. The lowest BCUT2D eigenvalue weighted by atomic mass is 9.83. The predicted octanol–water partition coefficient (Wildman–Crippen LogP) is 4.81. The Balaban J connectivity index is 2.82. The van der Waals surface area contributed by atoms with Gasteiger partial charge in [0.15, 0.2) is 11.5 Å². The van der Waals surface area contributed by atoms with Gasteiger partial charge in [0.25, 0.3) is 0 Å². The van der Waals surface area contributed by atoms with E-state index in [1.165, 1.54) is 0 Å². The molecule has 0 spiro atoms. The average Bonchev–Trinajstić information content (AvgIpc) is 2.80. The maximum atomic E-state index is 12.7. The van der Waals surface area contributed by atoms with E-state index in [0.717, 1.165) is 35.7 Å². The summed E-state index contributed by atoms with van der Waals surface area (Å²) in [6.07, 6.45) is 2.88. The van der Waals surface area contributed by atoms with Crippen LogP contribution >= 0.6 is 11.8 Å². The summed E-state index contributed by atoms with van der Waals surface area (Å²) in [6.45, 7) is 11.3. The van der Waals surface area contributed by atoms with Crippen molar-refractivity contribution in [2.45, 2.75) is 78.9 Å². The van der Waals surface area contributed by atoms with E-state index in [-0.39, 0.29) is 18.4 Å². The van der Waals surface area contributed by atoms with Crippen molar-refractivity contribution in [2.75, 3.05) is 34.0 Å². The maximum absolute atomic E-state index is 12.7. The molecule has 0 saturated heterocycles. The number of carbonyl (C=O) groups excluding carboxylic acids is 1. The van der Waals surface area contributed by atoms with E-state index in [0.29, 0.717) is 37.1 Å². The number of halogens is 1. The average molecular weight is 515 g/mol. The van der Waals surface area contributed by atoms with Gasteiger partial charge in [0.2, 0.25) is 5.91 Å². The van der Waals surface area contributed by atoms with Crippen molar-refractivity contribution < 1.29 is 24.1 Å². The first-order valence-electron chi connectivity index (χ1n) is 12.7. The number of aliphatic hydroxyl groups excluding tert-OH is 1. The third kappa shape index (κ3) is 10.5. The number of carbonyl (C=O) groups is 1. The van der Waals surface area contributed by atoms with Gasteiger partial charge >= 0.3 is 0 Å². The fourth-order valence-electron chi connectivity index (χ4n) is 4.19. The molecule has 3 atom stereocenters. The highest BCUT2D eigenvalue weighted by Gasteiger charge is 2.33. The van der Waals surface area contributed by atoms with Gasteiger partial charge in [-0.05, 0) is 48.8 Å². The molecule has 1 rings (SSSR count). The minimum Gasteiger partial charge on any atom is -0.493 e. The van der Waals surface area contributed by atoms with Crippen molar-refractivity contribution in [3.8, 4) is 11.5 Å². The Labute approximate surface area is 217 Å². The van der Waals surface area contributed by atoms with Crippen molar-refractivity contribution in [2.24, 2.45) is 23.0 Å². The van der Waals surface area contributed by atoms with Crippen LogP contribution in [-0.2, 0) is 16.0 Å². The number of benzene rings is 1. The minimum absolute atomic E-state index is 0.00150. The van der Waals surface area contributed by atoms with Gasteiger partial charge in [0, 0.05) is 43.4 Å². The molecular formula is C27H47ClN2O5. The Morgan fingerprint density at radius 1 is 1.20 bits per heavy atom. The van der Waals surface area contributed by atoms with Crippen LogP contribution in [-0.4, -0.2) is 61.6 Å². The molecule has 0 aliphatic rings. The van der Waals surface area contributed by atoms with Crippen LogP contribution in [0.1, 0.15) is 65.9 Å². The van der Waals surface area contributed by atoms with E-state index in [1.54, 1.807) is 14.2 Å². The van der Waals surface area contributed by atoms with Crippen LogP contribution in [0, 0.1) is 17.3 Å². The zero-order valence-electron chi connectivity index (χ0n) is 22.7. The van der Waals surface area contributed by atoms with Gasteiger partial charge in [-0.1, -0.05) is 47.1 Å². The number of amides is 1. The van der Waals surface area contributed by atoms with Crippen molar-refractivity contribution in [1.82, 2.24) is 4.42 Å². The first-order chi connectivity index (χ1) is 16.5. The second kappa shape index (κ2) is 15.5. The van der Waals surface area contributed by atoms with Gasteiger partial charge in [-0.15, -0.1) is 0 Å². The molecule has 202 valence electrons. The Hall–Kier alpha value is -1.54. The van der Waals surface area contributed by atoms with Crippen LogP contribution in [0.15, 0.2) is 18.2 Å². The fourth-order valence-corrected chi connectivity index (χ4v) is 4.56. The Kier molecular flexibility index (Phi) is 14.0. The summed E-state index contributed by atoms with van der Waals surface area (Å²) in [6, 6.07) is 5.46. The molecule has 0 aliphatic heterocycles. The molecule has 0 unspecified atom stereocenters. The zero-order chi connectivity index (χ0) is 26.6. The number of nitrogens with two attached hydrogens (primary N) is 1. The Morgan fingerprint density at radius 2 is 1.89 bits per heavy atom. The van der Waals surface area contributed by atoms with Gasteiger partial charge in [-0.3, -0.25) is 9.21 Å². The van der Waals surface area contributed by atoms with E-state index in [9.17, 15) is 9.90 Å². The summed E-state index contributed by atoms with van der Waals surface area (Å²) in [7, 11) is 3.30. The molecule has 0 fully saturated rings. The number of hydrogen-bond acceptors (Lipinski definition) is 6. The van der Waals surface area contributed by atoms with Crippen molar-refractivity contribution in [1.29, 1.82) is 0 Å². The molecular weight excluding hydrogens is 468 g/mol. The molecule has 0 aliphatic carbocycles. The monoisotopic (exact) mass is 514 g/mol. The predicted molar refractivity (Wildman–Crippen MR) is 142 cm³/mol. The van der Waals surface area contributed by atoms with Crippen molar-refractivity contribution >= 4 is 17.7 Å². The SMILES string of the molecule is CCCC(C)(C)C(=O)N(Cl)C[C@H](O)[C@@H](N)C[C@H](Cc1ccc(OC)c(OCCCOC)c1)C(C)C. The molecule has 1 aromatic carbocycles. The van der Waals surface area contributed by atoms with Gasteiger partial charge in [-0.2, -0.15) is 0 Å². The lowest BCUT2D eigenvalue weighted by Gasteiger charge is -2.31. The number of ether oxygens (including phenoxy) is 3. The summed E-state index contributed by atoms with van der Waals surface area (Å²) in [5.74, 6) is 1.78. The Bertz CT molecular complexity index is 759. The number of methoxy groups -OCH3 is 2. The van der Waals surface area contributed by atoms with Crippen molar-refractivity contribution in [3.63, 3.8) is 0 Å². The molecule has 0 aromatic heterocycles. The molecule has 1 aromatic rings. The second-order valence-corrected chi connectivity index (χ2v) is 10.7. The van der Waals surface area contributed by atoms with Gasteiger partial charge in [0.05, 0.1) is 26.4 Å². The smallest absolute Gasteiger partial charge is 0.242 e. The third-order valence-corrected chi connectivity index (χ3v) is 6.80. The number of rotatable bonds is 17. The molecule has 1 amide bonds. The van der Waals surface area contributed by atoms with E-state index in [4.69, 9.17) is 31.7 Å². The highest BCUT2D eigenvalue weighted by atomic mass is 35.5. The minimum atomic E-state index is -0.911. The van der Waals surface area contributed by atoms with Crippen LogP contribution in [0.5, 0.6) is 11.5 Å². The maximum Gasteiger partial charge on any atom is 0.242 e. The van der Waals surface area contributed by atoms with Crippen LogP contribution in [0.2, 0.25) is 0 Å². The van der Waals surface area contributed by atoms with Crippen molar-refractivity contribution in [3.05, 3.63) is 23.8 Å². The third-order valence-electron chi connectivity index (χ3n) is 6.51. The van der Waals surface area contributed by atoms with E-state index >= 15 is 0 Å². The van der Waals surface area contributed by atoms with E-state index in [2.05, 4.69) is 13.8 Å². The summed E-state index contributed by atoms with van der Waals surface area (Å²) < 4.78 is 17.6. The summed E-state index contributed by atoms with van der Waals surface area (Å²) in [5.41, 5.74) is 6.94. The van der Waals surface area contributed by atoms with Gasteiger partial charge < -0.3 is 25.1 Å². The molecule has 7 nitrogen and oxygen atoms in total. The molecule has 35 heavy (non-hydrogen) atoms. The van der Waals surface area contributed by atoms with Gasteiger partial charge in [-0.25, -0.2) is 0 Å². The fraction of sp³-hybridized carbons (Fsp3) is 0.741. The lowest BCUT2D eigenvalue weighted by Crippen LogP contribution is -2.46. The molecule has 0 bridgehead atoms. The van der Waals surface area contributed by atoms with E-state index in [1.807, 2.05) is 39.0 Å². The first-order valence-corrected chi connectivity index (χ1v) is 13.0. The van der Waals surface area contributed by atoms with Gasteiger partial charge in [0.1, 0.15) is 0 Å². The standard InChI is InChI=1S/C27H47ClN2O5/c1-8-12-27(4,5)26(32)30(28)18-23(31)22(29)17-21(19(2)3)15-20-10-11-24(34-7)25(16-20)35-14-9-13-33-6/h10-11,16,19,21-23,31H,8-9,12-15,17-18,29H2,1-7H3/t21-,22-,23-/m0/s1. The summed E-state index contributed by atoms with van der Waals surface area (Å²) in [5, 5.41) is 10.7. The van der Waals surface area contributed by atoms with Crippen LogP contribution in [0.25, 0.3) is 0 Å². The normalized spacial score (nSPS) is 14.5. The lowest BCUT2D eigenvalue weighted by molar-refractivity contribution is -0.136. The molecule has 0 saturated carbocycles. The molecule has 0 radical (unpaired) electrons. The van der Waals surface area contributed by atoms with Crippen LogP contribution < -0.4 is 15.2 Å². The first kappa shape index (κ1) is 31.5.